The molecule has 47 valence electrons. The standard InChI is InChI=1S/C5H10NO2/c1-6(5-7)3-4-8-2/h3-4H2,1-2H3. The van der Waals surface area contributed by atoms with E-state index in [0.29, 0.717) is 13.2 Å². The molecular formula is C5H10NO2. The number of likely N-dealkylation sites (N-methyl/N-ethyl adjacent to an activating group) is 1. The van der Waals surface area contributed by atoms with Gasteiger partial charge in [-0.15, -0.1) is 0 Å². The van der Waals surface area contributed by atoms with Gasteiger partial charge in [0.2, 0.25) is 0 Å². The van der Waals surface area contributed by atoms with E-state index < -0.39 is 0 Å². The van der Waals surface area contributed by atoms with E-state index in [2.05, 4.69) is 0 Å². The summed E-state index contributed by atoms with van der Waals surface area (Å²) in [5.41, 5.74) is 0. The van der Waals surface area contributed by atoms with Gasteiger partial charge in [0.05, 0.1) is 6.61 Å². The molecule has 0 atom stereocenters. The van der Waals surface area contributed by atoms with E-state index in [1.54, 1.807) is 20.6 Å². The van der Waals surface area contributed by atoms with Crippen LogP contribution in [0.25, 0.3) is 0 Å². The van der Waals surface area contributed by atoms with Crippen LogP contribution in [0.15, 0.2) is 0 Å². The van der Waals surface area contributed by atoms with Crippen molar-refractivity contribution in [3.05, 3.63) is 0 Å². The summed E-state index contributed by atoms with van der Waals surface area (Å²) in [6.07, 6.45) is 1.70. The fourth-order valence-corrected chi connectivity index (χ4v) is 0.274. The van der Waals surface area contributed by atoms with Gasteiger partial charge in [-0.2, -0.15) is 0 Å². The number of methoxy groups -OCH3 is 1. The molecule has 0 saturated carbocycles. The second kappa shape index (κ2) is 4.59. The Labute approximate surface area is 49.2 Å². The highest BCUT2D eigenvalue weighted by Crippen LogP contribution is 1.73. The number of hydrogen-bond acceptors (Lipinski definition) is 2. The Morgan fingerprint density at radius 2 is 2.38 bits per heavy atom. The van der Waals surface area contributed by atoms with Crippen LogP contribution >= 0.6 is 0 Å². The molecule has 0 bridgehead atoms. The van der Waals surface area contributed by atoms with Crippen LogP contribution in [0, 0.1) is 0 Å². The molecule has 0 aliphatic carbocycles. The van der Waals surface area contributed by atoms with Crippen molar-refractivity contribution in [2.75, 3.05) is 27.3 Å². The third-order valence-corrected chi connectivity index (χ3v) is 0.787. The summed E-state index contributed by atoms with van der Waals surface area (Å²) < 4.78 is 4.69. The maximum absolute atomic E-state index is 9.76. The van der Waals surface area contributed by atoms with Crippen molar-refractivity contribution in [2.24, 2.45) is 0 Å². The molecule has 0 aliphatic rings. The average molecular weight is 116 g/mol. The van der Waals surface area contributed by atoms with Gasteiger partial charge in [-0.3, -0.25) is 4.79 Å². The van der Waals surface area contributed by atoms with Gasteiger partial charge in [0.15, 0.2) is 0 Å². The number of hydrogen-bond donors (Lipinski definition) is 0. The molecular weight excluding hydrogens is 106 g/mol. The highest BCUT2D eigenvalue weighted by Gasteiger charge is 1.90. The Balaban J connectivity index is 2.98. The van der Waals surface area contributed by atoms with Gasteiger partial charge in [0, 0.05) is 20.7 Å². The monoisotopic (exact) mass is 116 g/mol. The summed E-state index contributed by atoms with van der Waals surface area (Å²) in [7, 11) is 3.25. The fraction of sp³-hybridized carbons (Fsp3) is 0.800. The summed E-state index contributed by atoms with van der Waals surface area (Å²) in [6.45, 7) is 1.19. The van der Waals surface area contributed by atoms with Crippen LogP contribution in [0.4, 0.5) is 0 Å². The highest BCUT2D eigenvalue weighted by molar-refractivity contribution is 5.47. The molecule has 0 aromatic heterocycles. The number of carbonyl (C=O) groups excluding carboxylic acids is 1. The van der Waals surface area contributed by atoms with Crippen molar-refractivity contribution in [2.45, 2.75) is 0 Å². The molecule has 0 unspecified atom stereocenters. The van der Waals surface area contributed by atoms with Crippen LogP contribution in [0.1, 0.15) is 0 Å². The minimum absolute atomic E-state index is 0.575. The third kappa shape index (κ3) is 3.61. The predicted molar refractivity (Wildman–Crippen MR) is 30.2 cm³/mol. The summed E-state index contributed by atoms with van der Waals surface area (Å²) in [5.74, 6) is 0. The summed E-state index contributed by atoms with van der Waals surface area (Å²) in [6, 6.07) is 0. The average Bonchev–Trinajstić information content (AvgIpc) is 1.83. The fourth-order valence-electron chi connectivity index (χ4n) is 0.274. The molecule has 0 aromatic rings. The SMILES string of the molecule is COCCN(C)[C]=O. The first-order valence-corrected chi connectivity index (χ1v) is 2.39. The second-order valence-corrected chi connectivity index (χ2v) is 1.51. The zero-order chi connectivity index (χ0) is 6.41. The van der Waals surface area contributed by atoms with Gasteiger partial charge in [-0.1, -0.05) is 0 Å². The van der Waals surface area contributed by atoms with Crippen LogP contribution in [-0.2, 0) is 9.53 Å². The minimum Gasteiger partial charge on any atom is -0.383 e. The molecule has 3 nitrogen and oxygen atoms in total. The molecule has 0 aromatic carbocycles. The number of amides is 1. The predicted octanol–water partition coefficient (Wildman–Crippen LogP) is -0.368. The van der Waals surface area contributed by atoms with Crippen LogP contribution in [0.5, 0.6) is 0 Å². The Kier molecular flexibility index (Phi) is 4.26. The largest absolute Gasteiger partial charge is 0.383 e. The van der Waals surface area contributed by atoms with Crippen molar-refractivity contribution >= 4 is 6.41 Å². The molecule has 1 radical (unpaired) electrons. The Hall–Kier alpha value is -0.570. The van der Waals surface area contributed by atoms with E-state index in [1.165, 1.54) is 4.90 Å². The smallest absolute Gasteiger partial charge is 0.311 e. The van der Waals surface area contributed by atoms with E-state index >= 15 is 0 Å². The van der Waals surface area contributed by atoms with E-state index in [1.807, 2.05) is 0 Å². The lowest BCUT2D eigenvalue weighted by molar-refractivity contribution is 0.181. The normalized spacial score (nSPS) is 8.75. The van der Waals surface area contributed by atoms with E-state index in [9.17, 15) is 4.79 Å². The summed E-state index contributed by atoms with van der Waals surface area (Å²) in [4.78, 5) is 11.2. The molecule has 0 fully saturated rings. The first-order chi connectivity index (χ1) is 3.81. The van der Waals surface area contributed by atoms with Gasteiger partial charge >= 0.3 is 6.41 Å². The van der Waals surface area contributed by atoms with Crippen LogP contribution in [-0.4, -0.2) is 38.6 Å². The minimum atomic E-state index is 0.575. The number of ether oxygens (including phenoxy) is 1. The highest BCUT2D eigenvalue weighted by atomic mass is 16.5. The maximum Gasteiger partial charge on any atom is 0.311 e. The molecule has 0 saturated heterocycles. The molecule has 0 spiro atoms. The van der Waals surface area contributed by atoms with Crippen molar-refractivity contribution in [3.8, 4) is 0 Å². The lowest BCUT2D eigenvalue weighted by Gasteiger charge is -2.05. The van der Waals surface area contributed by atoms with Crippen molar-refractivity contribution < 1.29 is 9.53 Å². The zero-order valence-corrected chi connectivity index (χ0v) is 5.18. The Morgan fingerprint density at radius 3 is 2.75 bits per heavy atom. The van der Waals surface area contributed by atoms with Crippen molar-refractivity contribution in [1.29, 1.82) is 0 Å². The first-order valence-electron chi connectivity index (χ1n) is 2.39. The lowest BCUT2D eigenvalue weighted by atomic mass is 10.6. The number of nitrogens with zero attached hydrogens (tertiary/aromatic N) is 1. The number of rotatable bonds is 4. The molecule has 0 rings (SSSR count). The summed E-state index contributed by atoms with van der Waals surface area (Å²) in [5, 5.41) is 0. The van der Waals surface area contributed by atoms with Gasteiger partial charge in [-0.25, -0.2) is 0 Å². The molecule has 0 aliphatic heterocycles. The molecule has 8 heavy (non-hydrogen) atoms. The van der Waals surface area contributed by atoms with E-state index in [0.717, 1.165) is 0 Å². The van der Waals surface area contributed by atoms with Crippen LogP contribution < -0.4 is 0 Å². The molecule has 1 amide bonds. The lowest BCUT2D eigenvalue weighted by Crippen LogP contribution is -2.20. The molecule has 3 heteroatoms. The van der Waals surface area contributed by atoms with Crippen LogP contribution in [0.2, 0.25) is 0 Å². The van der Waals surface area contributed by atoms with Gasteiger partial charge < -0.3 is 9.64 Å². The van der Waals surface area contributed by atoms with Gasteiger partial charge in [-0.05, 0) is 0 Å². The zero-order valence-electron chi connectivity index (χ0n) is 5.18. The van der Waals surface area contributed by atoms with Gasteiger partial charge in [0.25, 0.3) is 0 Å². The third-order valence-electron chi connectivity index (χ3n) is 0.787. The second-order valence-electron chi connectivity index (χ2n) is 1.51. The van der Waals surface area contributed by atoms with E-state index in [4.69, 9.17) is 4.74 Å². The first kappa shape index (κ1) is 7.43. The molecule has 0 N–H and O–H groups in total. The maximum atomic E-state index is 9.76. The van der Waals surface area contributed by atoms with Crippen molar-refractivity contribution in [1.82, 2.24) is 4.90 Å². The summed E-state index contributed by atoms with van der Waals surface area (Å²) >= 11 is 0. The Bertz CT molecular complexity index is 65.4. The van der Waals surface area contributed by atoms with Crippen LogP contribution in [0.3, 0.4) is 0 Å². The van der Waals surface area contributed by atoms with Crippen molar-refractivity contribution in [3.63, 3.8) is 0 Å². The topological polar surface area (TPSA) is 29.5 Å². The quantitative estimate of drug-likeness (QED) is 0.469. The van der Waals surface area contributed by atoms with E-state index in [-0.39, 0.29) is 0 Å². The Morgan fingerprint density at radius 1 is 1.75 bits per heavy atom. The van der Waals surface area contributed by atoms with Gasteiger partial charge in [0.1, 0.15) is 0 Å². The molecule has 0 heterocycles.